The van der Waals surface area contributed by atoms with Crippen LogP contribution in [0.15, 0.2) is 24.3 Å². The Morgan fingerprint density at radius 3 is 2.44 bits per heavy atom. The molecule has 0 bridgehead atoms. The minimum absolute atomic E-state index is 0.564. The Morgan fingerprint density at radius 2 is 1.88 bits per heavy atom. The summed E-state index contributed by atoms with van der Waals surface area (Å²) in [6, 6.07) is 9.41. The zero-order valence-corrected chi connectivity index (χ0v) is 10.3. The summed E-state index contributed by atoms with van der Waals surface area (Å²) in [5, 5.41) is 6.80. The third-order valence-electron chi connectivity index (χ3n) is 3.40. The predicted molar refractivity (Wildman–Crippen MR) is 68.7 cm³/mol. The van der Waals surface area contributed by atoms with Crippen molar-refractivity contribution < 1.29 is 0 Å². The van der Waals surface area contributed by atoms with E-state index in [9.17, 15) is 0 Å². The third kappa shape index (κ3) is 2.83. The zero-order valence-electron chi connectivity index (χ0n) is 10.3. The second kappa shape index (κ2) is 5.46. The van der Waals surface area contributed by atoms with E-state index < -0.39 is 0 Å². The first-order chi connectivity index (χ1) is 7.79. The molecule has 0 saturated carbocycles. The zero-order chi connectivity index (χ0) is 11.4. The van der Waals surface area contributed by atoms with Gasteiger partial charge < -0.3 is 10.6 Å². The van der Waals surface area contributed by atoms with Gasteiger partial charge in [0.1, 0.15) is 0 Å². The fraction of sp³-hybridized carbons (Fsp3) is 0.571. The van der Waals surface area contributed by atoms with Crippen LogP contribution in [0.3, 0.4) is 0 Å². The van der Waals surface area contributed by atoms with Crippen molar-refractivity contribution in [1.29, 1.82) is 0 Å². The SMILES string of the molecule is CNCC(C)NCC1Cc2ccccc2C1. The molecule has 2 rings (SSSR count). The van der Waals surface area contributed by atoms with Gasteiger partial charge in [0, 0.05) is 12.6 Å². The Balaban J connectivity index is 1.79. The van der Waals surface area contributed by atoms with Gasteiger partial charge in [0.25, 0.3) is 0 Å². The molecule has 1 aromatic carbocycles. The van der Waals surface area contributed by atoms with Gasteiger partial charge in [0.05, 0.1) is 0 Å². The topological polar surface area (TPSA) is 24.1 Å². The smallest absolute Gasteiger partial charge is 0.0164 e. The van der Waals surface area contributed by atoms with Crippen molar-refractivity contribution in [3.8, 4) is 0 Å². The van der Waals surface area contributed by atoms with Crippen LogP contribution in [0.2, 0.25) is 0 Å². The Bertz CT molecular complexity index is 310. The van der Waals surface area contributed by atoms with Gasteiger partial charge in [-0.15, -0.1) is 0 Å². The first kappa shape index (κ1) is 11.6. The lowest BCUT2D eigenvalue weighted by molar-refractivity contribution is 0.442. The van der Waals surface area contributed by atoms with E-state index in [-0.39, 0.29) is 0 Å². The Morgan fingerprint density at radius 1 is 1.25 bits per heavy atom. The van der Waals surface area contributed by atoms with Crippen molar-refractivity contribution in [1.82, 2.24) is 10.6 Å². The van der Waals surface area contributed by atoms with Crippen LogP contribution in [0.25, 0.3) is 0 Å². The molecule has 0 radical (unpaired) electrons. The quantitative estimate of drug-likeness (QED) is 0.784. The molecule has 1 aliphatic rings. The van der Waals surface area contributed by atoms with Crippen LogP contribution in [-0.4, -0.2) is 26.2 Å². The normalized spacial score (nSPS) is 17.4. The minimum Gasteiger partial charge on any atom is -0.318 e. The van der Waals surface area contributed by atoms with E-state index in [0.717, 1.165) is 19.0 Å². The second-order valence-electron chi connectivity index (χ2n) is 4.91. The highest BCUT2D eigenvalue weighted by molar-refractivity contribution is 5.32. The van der Waals surface area contributed by atoms with Crippen molar-refractivity contribution in [3.05, 3.63) is 35.4 Å². The number of rotatable bonds is 5. The summed E-state index contributed by atoms with van der Waals surface area (Å²) in [6.07, 6.45) is 2.49. The Hall–Kier alpha value is -0.860. The van der Waals surface area contributed by atoms with E-state index in [1.54, 1.807) is 11.1 Å². The lowest BCUT2D eigenvalue weighted by Crippen LogP contribution is -2.37. The van der Waals surface area contributed by atoms with Gasteiger partial charge in [-0.05, 0) is 50.4 Å². The summed E-state index contributed by atoms with van der Waals surface area (Å²) in [6.45, 7) is 4.41. The highest BCUT2D eigenvalue weighted by Gasteiger charge is 2.20. The molecule has 1 aromatic rings. The molecule has 88 valence electrons. The van der Waals surface area contributed by atoms with E-state index in [0.29, 0.717) is 6.04 Å². The molecule has 0 spiro atoms. The van der Waals surface area contributed by atoms with E-state index in [1.165, 1.54) is 12.8 Å². The summed E-state index contributed by atoms with van der Waals surface area (Å²) in [4.78, 5) is 0. The number of hydrogen-bond acceptors (Lipinski definition) is 2. The summed E-state index contributed by atoms with van der Waals surface area (Å²) in [7, 11) is 2.00. The summed E-state index contributed by atoms with van der Waals surface area (Å²) >= 11 is 0. The first-order valence-corrected chi connectivity index (χ1v) is 6.24. The molecular formula is C14H22N2. The molecule has 0 heterocycles. The molecule has 1 atom stereocenters. The molecule has 0 fully saturated rings. The van der Waals surface area contributed by atoms with Gasteiger partial charge in [-0.2, -0.15) is 0 Å². The monoisotopic (exact) mass is 218 g/mol. The molecule has 1 aliphatic carbocycles. The van der Waals surface area contributed by atoms with E-state index in [1.807, 2.05) is 7.05 Å². The second-order valence-corrected chi connectivity index (χ2v) is 4.91. The fourth-order valence-corrected chi connectivity index (χ4v) is 2.54. The summed E-state index contributed by atoms with van der Waals surface area (Å²) in [5.74, 6) is 0.789. The molecule has 2 N–H and O–H groups in total. The van der Waals surface area contributed by atoms with Crippen LogP contribution >= 0.6 is 0 Å². The predicted octanol–water partition coefficient (Wildman–Crippen LogP) is 1.60. The molecule has 2 heteroatoms. The maximum atomic E-state index is 3.60. The van der Waals surface area contributed by atoms with Crippen LogP contribution in [0.5, 0.6) is 0 Å². The first-order valence-electron chi connectivity index (χ1n) is 6.24. The average Bonchev–Trinajstić information content (AvgIpc) is 2.69. The molecule has 2 nitrogen and oxygen atoms in total. The number of fused-ring (bicyclic) bond motifs is 1. The Kier molecular flexibility index (Phi) is 3.97. The van der Waals surface area contributed by atoms with Crippen molar-refractivity contribution in [2.45, 2.75) is 25.8 Å². The standard InChI is InChI=1S/C14H22N2/c1-11(9-15-2)16-10-12-7-13-5-3-4-6-14(13)8-12/h3-6,11-12,15-16H,7-10H2,1-2H3. The maximum Gasteiger partial charge on any atom is 0.0164 e. The van der Waals surface area contributed by atoms with Gasteiger partial charge in [-0.25, -0.2) is 0 Å². The average molecular weight is 218 g/mol. The van der Waals surface area contributed by atoms with Crippen molar-refractivity contribution in [2.24, 2.45) is 5.92 Å². The van der Waals surface area contributed by atoms with Gasteiger partial charge in [-0.1, -0.05) is 24.3 Å². The number of hydrogen-bond donors (Lipinski definition) is 2. The van der Waals surface area contributed by atoms with Crippen molar-refractivity contribution in [3.63, 3.8) is 0 Å². The third-order valence-corrected chi connectivity index (χ3v) is 3.40. The molecule has 0 aliphatic heterocycles. The molecule has 16 heavy (non-hydrogen) atoms. The van der Waals surface area contributed by atoms with Crippen LogP contribution in [0, 0.1) is 5.92 Å². The van der Waals surface area contributed by atoms with Crippen molar-refractivity contribution in [2.75, 3.05) is 20.1 Å². The highest BCUT2D eigenvalue weighted by Crippen LogP contribution is 2.25. The molecule has 1 unspecified atom stereocenters. The van der Waals surface area contributed by atoms with Crippen LogP contribution in [-0.2, 0) is 12.8 Å². The molecular weight excluding hydrogens is 196 g/mol. The van der Waals surface area contributed by atoms with Gasteiger partial charge in [0.2, 0.25) is 0 Å². The number of benzene rings is 1. The summed E-state index contributed by atoms with van der Waals surface area (Å²) in [5.41, 5.74) is 3.10. The maximum absolute atomic E-state index is 3.60. The number of likely N-dealkylation sites (N-methyl/N-ethyl adjacent to an activating group) is 1. The lowest BCUT2D eigenvalue weighted by Gasteiger charge is -2.16. The molecule has 0 saturated heterocycles. The fourth-order valence-electron chi connectivity index (χ4n) is 2.54. The van der Waals surface area contributed by atoms with Gasteiger partial charge in [0.15, 0.2) is 0 Å². The van der Waals surface area contributed by atoms with Crippen LogP contribution < -0.4 is 10.6 Å². The Labute approximate surface area is 98.4 Å². The largest absolute Gasteiger partial charge is 0.318 e. The van der Waals surface area contributed by atoms with Gasteiger partial charge in [-0.3, -0.25) is 0 Å². The minimum atomic E-state index is 0.564. The highest BCUT2D eigenvalue weighted by atomic mass is 15.0. The van der Waals surface area contributed by atoms with E-state index in [4.69, 9.17) is 0 Å². The van der Waals surface area contributed by atoms with Crippen molar-refractivity contribution >= 4 is 0 Å². The van der Waals surface area contributed by atoms with E-state index in [2.05, 4.69) is 41.8 Å². The van der Waals surface area contributed by atoms with Gasteiger partial charge >= 0.3 is 0 Å². The number of nitrogens with one attached hydrogen (secondary N) is 2. The lowest BCUT2D eigenvalue weighted by atomic mass is 10.1. The molecule has 0 aromatic heterocycles. The summed E-state index contributed by atoms with van der Waals surface area (Å²) < 4.78 is 0. The van der Waals surface area contributed by atoms with E-state index >= 15 is 0 Å². The van der Waals surface area contributed by atoms with Crippen LogP contribution in [0.1, 0.15) is 18.1 Å². The molecule has 0 amide bonds. The van der Waals surface area contributed by atoms with Crippen LogP contribution in [0.4, 0.5) is 0 Å².